The summed E-state index contributed by atoms with van der Waals surface area (Å²) in [4.78, 5) is 23.8. The third-order valence-electron chi connectivity index (χ3n) is 9.66. The van der Waals surface area contributed by atoms with E-state index in [1.54, 1.807) is 6.92 Å². The number of hydrogen-bond donors (Lipinski definition) is 1. The van der Waals surface area contributed by atoms with Crippen LogP contribution in [-0.4, -0.2) is 33.4 Å². The molecule has 4 aliphatic rings. The van der Waals surface area contributed by atoms with Crippen LogP contribution in [-0.2, 0) is 14.3 Å². The molecule has 5 heteroatoms. The van der Waals surface area contributed by atoms with E-state index in [9.17, 15) is 14.7 Å². The van der Waals surface area contributed by atoms with Crippen LogP contribution >= 0.6 is 15.9 Å². The Morgan fingerprint density at radius 3 is 2.36 bits per heavy atom. The highest BCUT2D eigenvalue weighted by Gasteiger charge is 2.69. The smallest absolute Gasteiger partial charge is 0.302 e. The van der Waals surface area contributed by atoms with Crippen molar-refractivity contribution in [1.82, 2.24) is 0 Å². The van der Waals surface area contributed by atoms with Gasteiger partial charge in [-0.15, -0.1) is 0 Å². The highest BCUT2D eigenvalue weighted by molar-refractivity contribution is 9.09. The molecule has 4 nitrogen and oxygen atoms in total. The summed E-state index contributed by atoms with van der Waals surface area (Å²) < 4.78 is 5.56. The zero-order valence-corrected chi connectivity index (χ0v) is 19.3. The van der Waals surface area contributed by atoms with Gasteiger partial charge in [-0.25, -0.2) is 0 Å². The maximum Gasteiger partial charge on any atom is 0.302 e. The van der Waals surface area contributed by atoms with Crippen LogP contribution < -0.4 is 0 Å². The van der Waals surface area contributed by atoms with Crippen LogP contribution in [0.1, 0.15) is 79.1 Å². The summed E-state index contributed by atoms with van der Waals surface area (Å²) in [7, 11) is 0. The SMILES string of the molecule is CC(=O)OC1CCC2(C)C(CCC3C2CCC2(C)C3CC(Br)C2(O)C(C)=O)C1. The predicted molar refractivity (Wildman–Crippen MR) is 111 cm³/mol. The lowest BCUT2D eigenvalue weighted by Gasteiger charge is -2.61. The predicted octanol–water partition coefficient (Wildman–Crippen LogP) is 4.65. The molecule has 1 N–H and O–H groups in total. The topological polar surface area (TPSA) is 63.6 Å². The van der Waals surface area contributed by atoms with Gasteiger partial charge in [0.2, 0.25) is 0 Å². The molecule has 0 bridgehead atoms. The van der Waals surface area contributed by atoms with Crippen LogP contribution in [0.5, 0.6) is 0 Å². The van der Waals surface area contributed by atoms with Crippen molar-refractivity contribution >= 4 is 27.7 Å². The molecule has 158 valence electrons. The first-order valence-corrected chi connectivity index (χ1v) is 12.0. The van der Waals surface area contributed by atoms with Gasteiger partial charge in [-0.05, 0) is 87.4 Å². The van der Waals surface area contributed by atoms with E-state index in [2.05, 4.69) is 29.8 Å². The molecular formula is C23H35BrO4. The molecular weight excluding hydrogens is 420 g/mol. The number of carbonyl (C=O) groups excluding carboxylic acids is 2. The Kier molecular flexibility index (Phi) is 5.06. The molecule has 0 amide bonds. The number of Topliss-reactive ketones (excluding diaryl/α,β-unsaturated/α-hetero) is 1. The van der Waals surface area contributed by atoms with Gasteiger partial charge in [0.15, 0.2) is 5.78 Å². The molecule has 4 saturated carbocycles. The molecule has 0 saturated heterocycles. The Labute approximate surface area is 177 Å². The molecule has 0 spiro atoms. The minimum Gasteiger partial charge on any atom is -0.463 e. The fourth-order valence-electron chi connectivity index (χ4n) is 8.16. The van der Waals surface area contributed by atoms with Gasteiger partial charge in [0.05, 0.1) is 4.83 Å². The van der Waals surface area contributed by atoms with E-state index in [-0.39, 0.29) is 28.1 Å². The van der Waals surface area contributed by atoms with Crippen LogP contribution in [0.15, 0.2) is 0 Å². The van der Waals surface area contributed by atoms with Crippen molar-refractivity contribution in [3.05, 3.63) is 0 Å². The molecule has 4 aliphatic carbocycles. The minimum atomic E-state index is -1.24. The van der Waals surface area contributed by atoms with E-state index in [1.807, 2.05) is 0 Å². The molecule has 0 aromatic carbocycles. The normalized spacial score (nSPS) is 52.9. The van der Waals surface area contributed by atoms with E-state index in [4.69, 9.17) is 4.74 Å². The second kappa shape index (κ2) is 6.80. The summed E-state index contributed by atoms with van der Waals surface area (Å²) in [5, 5.41) is 11.5. The molecule has 0 aromatic heterocycles. The quantitative estimate of drug-likeness (QED) is 0.486. The number of fused-ring (bicyclic) bond motifs is 5. The molecule has 4 rings (SSSR count). The van der Waals surface area contributed by atoms with Gasteiger partial charge in [-0.2, -0.15) is 0 Å². The number of rotatable bonds is 2. The largest absolute Gasteiger partial charge is 0.463 e. The maximum absolute atomic E-state index is 12.5. The number of halogens is 1. The summed E-state index contributed by atoms with van der Waals surface area (Å²) in [6, 6.07) is 0. The summed E-state index contributed by atoms with van der Waals surface area (Å²) in [6.45, 7) is 7.71. The third kappa shape index (κ3) is 2.71. The zero-order chi connectivity index (χ0) is 20.5. The average molecular weight is 455 g/mol. The van der Waals surface area contributed by atoms with Gasteiger partial charge in [0.1, 0.15) is 11.7 Å². The molecule has 0 radical (unpaired) electrons. The first-order chi connectivity index (χ1) is 13.0. The Morgan fingerprint density at radius 2 is 1.71 bits per heavy atom. The molecule has 4 fully saturated rings. The molecule has 9 unspecified atom stereocenters. The second-order valence-electron chi connectivity index (χ2n) is 10.6. The first-order valence-electron chi connectivity index (χ1n) is 11.1. The molecule has 9 atom stereocenters. The second-order valence-corrected chi connectivity index (χ2v) is 11.8. The van der Waals surface area contributed by atoms with Crippen molar-refractivity contribution in [2.45, 2.75) is 95.6 Å². The van der Waals surface area contributed by atoms with Crippen molar-refractivity contribution < 1.29 is 19.4 Å². The van der Waals surface area contributed by atoms with Crippen LogP contribution in [0.25, 0.3) is 0 Å². The lowest BCUT2D eigenvalue weighted by atomic mass is 9.44. The third-order valence-corrected chi connectivity index (χ3v) is 10.7. The molecule has 0 aliphatic heterocycles. The van der Waals surface area contributed by atoms with Gasteiger partial charge in [0.25, 0.3) is 0 Å². The Hall–Kier alpha value is -0.420. The van der Waals surface area contributed by atoms with Crippen LogP contribution in [0.3, 0.4) is 0 Å². The van der Waals surface area contributed by atoms with Gasteiger partial charge < -0.3 is 9.84 Å². The average Bonchev–Trinajstić information content (AvgIpc) is 2.83. The summed E-state index contributed by atoms with van der Waals surface area (Å²) in [5.41, 5.74) is -1.28. The first kappa shape index (κ1) is 20.8. The van der Waals surface area contributed by atoms with Crippen molar-refractivity contribution in [1.29, 1.82) is 0 Å². The van der Waals surface area contributed by atoms with Gasteiger partial charge in [-0.1, -0.05) is 29.8 Å². The highest BCUT2D eigenvalue weighted by Crippen LogP contribution is 2.69. The van der Waals surface area contributed by atoms with Gasteiger partial charge in [0, 0.05) is 12.3 Å². The fourth-order valence-corrected chi connectivity index (χ4v) is 9.41. The summed E-state index contributed by atoms with van der Waals surface area (Å²) >= 11 is 3.70. The number of alkyl halides is 1. The number of ketones is 1. The minimum absolute atomic E-state index is 0.0837. The summed E-state index contributed by atoms with van der Waals surface area (Å²) in [5.74, 6) is 2.00. The zero-order valence-electron chi connectivity index (χ0n) is 17.7. The maximum atomic E-state index is 12.5. The number of hydrogen-bond acceptors (Lipinski definition) is 4. The van der Waals surface area contributed by atoms with E-state index < -0.39 is 5.60 Å². The Morgan fingerprint density at radius 1 is 1.00 bits per heavy atom. The van der Waals surface area contributed by atoms with Crippen LogP contribution in [0.4, 0.5) is 0 Å². The van der Waals surface area contributed by atoms with Crippen LogP contribution in [0, 0.1) is 34.5 Å². The number of ether oxygens (including phenoxy) is 1. The van der Waals surface area contributed by atoms with Crippen molar-refractivity contribution in [3.8, 4) is 0 Å². The van der Waals surface area contributed by atoms with E-state index in [1.165, 1.54) is 19.8 Å². The standard InChI is InChI=1S/C23H35BrO4/c1-13(25)23(27)20(24)12-19-17-6-5-15-11-16(28-14(2)26)7-9-21(15,3)18(17)8-10-22(19,23)4/h15-20,27H,5-12H2,1-4H3. The summed E-state index contributed by atoms with van der Waals surface area (Å²) in [6.07, 6.45) is 8.43. The monoisotopic (exact) mass is 454 g/mol. The highest BCUT2D eigenvalue weighted by atomic mass is 79.9. The van der Waals surface area contributed by atoms with Crippen molar-refractivity contribution in [2.75, 3.05) is 0 Å². The molecule has 0 heterocycles. The molecule has 28 heavy (non-hydrogen) atoms. The number of carbonyl (C=O) groups is 2. The lowest BCUT2D eigenvalue weighted by molar-refractivity contribution is -0.174. The van der Waals surface area contributed by atoms with E-state index in [0.717, 1.165) is 38.5 Å². The van der Waals surface area contributed by atoms with Crippen molar-refractivity contribution in [2.24, 2.45) is 34.5 Å². The number of esters is 1. The van der Waals surface area contributed by atoms with Gasteiger partial charge in [-0.3, -0.25) is 9.59 Å². The lowest BCUT2D eigenvalue weighted by Crippen LogP contribution is -2.60. The van der Waals surface area contributed by atoms with Gasteiger partial charge >= 0.3 is 5.97 Å². The van der Waals surface area contributed by atoms with E-state index in [0.29, 0.717) is 29.1 Å². The van der Waals surface area contributed by atoms with Crippen molar-refractivity contribution in [3.63, 3.8) is 0 Å². The Bertz CT molecular complexity index is 680. The van der Waals surface area contributed by atoms with E-state index >= 15 is 0 Å². The Balaban J connectivity index is 1.59. The van der Waals surface area contributed by atoms with Crippen LogP contribution in [0.2, 0.25) is 0 Å². The molecule has 0 aromatic rings. The fraction of sp³-hybridized carbons (Fsp3) is 0.913. The number of aliphatic hydroxyl groups is 1.